The molecule has 9 heteroatoms. The van der Waals surface area contributed by atoms with Crippen molar-refractivity contribution in [2.45, 2.75) is 12.6 Å². The van der Waals surface area contributed by atoms with Crippen LogP contribution in [0.4, 0.5) is 5.69 Å². The summed E-state index contributed by atoms with van der Waals surface area (Å²) >= 11 is 6.26. The predicted molar refractivity (Wildman–Crippen MR) is 95.1 cm³/mol. The largest absolute Gasteiger partial charge is 0.382 e. The summed E-state index contributed by atoms with van der Waals surface area (Å²) in [7, 11) is 3.35. The summed E-state index contributed by atoms with van der Waals surface area (Å²) in [6.07, 6.45) is 2.53. The second kappa shape index (κ2) is 7.99. The van der Waals surface area contributed by atoms with Crippen molar-refractivity contribution < 1.29 is 14.3 Å². The highest BCUT2D eigenvalue weighted by Gasteiger charge is 2.21. The number of pyridine rings is 1. The Kier molecular flexibility index (Phi) is 5.72. The summed E-state index contributed by atoms with van der Waals surface area (Å²) in [5.74, 6) is 0. The Morgan fingerprint density at radius 3 is 2.92 bits per heavy atom. The van der Waals surface area contributed by atoms with Gasteiger partial charge in [-0.3, -0.25) is 4.79 Å². The van der Waals surface area contributed by atoms with E-state index in [0.717, 1.165) is 30.7 Å². The van der Waals surface area contributed by atoms with Crippen LogP contribution < -0.4 is 4.90 Å². The highest BCUT2D eigenvalue weighted by atomic mass is 35.5. The van der Waals surface area contributed by atoms with Crippen molar-refractivity contribution in [3.63, 3.8) is 0 Å². The third-order valence-electron chi connectivity index (χ3n) is 4.38. The van der Waals surface area contributed by atoms with E-state index < -0.39 is 0 Å². The fraction of sp³-hybridized carbons (Fsp3) is 0.562. The number of nitrogens with zero attached hydrogens (tertiary/aromatic N) is 5. The van der Waals surface area contributed by atoms with Gasteiger partial charge in [0.15, 0.2) is 5.65 Å². The highest BCUT2D eigenvalue weighted by Crippen LogP contribution is 2.28. The number of anilines is 1. The van der Waals surface area contributed by atoms with Gasteiger partial charge in [0.2, 0.25) is 6.41 Å². The molecule has 1 amide bonds. The molecule has 0 N–H and O–H groups in total. The molecule has 136 valence electrons. The van der Waals surface area contributed by atoms with E-state index in [4.69, 9.17) is 21.1 Å². The van der Waals surface area contributed by atoms with Crippen LogP contribution in [0.5, 0.6) is 0 Å². The lowest BCUT2D eigenvalue weighted by molar-refractivity contribution is -0.120. The van der Waals surface area contributed by atoms with Gasteiger partial charge < -0.3 is 23.8 Å². The van der Waals surface area contributed by atoms with Gasteiger partial charge in [-0.25, -0.2) is 9.97 Å². The minimum atomic E-state index is -0.118. The average molecular weight is 368 g/mol. The number of hydrogen-bond acceptors (Lipinski definition) is 6. The van der Waals surface area contributed by atoms with Crippen LogP contribution in [0, 0.1) is 0 Å². The molecule has 2 aromatic rings. The van der Waals surface area contributed by atoms with E-state index in [1.165, 1.54) is 0 Å². The van der Waals surface area contributed by atoms with Crippen LogP contribution in [0.1, 0.15) is 0 Å². The molecule has 2 aromatic heterocycles. The molecule has 0 aliphatic carbocycles. The van der Waals surface area contributed by atoms with Gasteiger partial charge in [-0.05, 0) is 0 Å². The minimum Gasteiger partial charge on any atom is -0.382 e. The smallest absolute Gasteiger partial charge is 0.209 e. The van der Waals surface area contributed by atoms with E-state index in [1.54, 1.807) is 25.4 Å². The summed E-state index contributed by atoms with van der Waals surface area (Å²) in [4.78, 5) is 23.9. The molecule has 3 rings (SSSR count). The third kappa shape index (κ3) is 3.86. The number of likely N-dealkylation sites (N-methyl/N-ethyl adjacent to an activating group) is 1. The number of hydrogen-bond donors (Lipinski definition) is 0. The van der Waals surface area contributed by atoms with Gasteiger partial charge in [-0.2, -0.15) is 0 Å². The number of morpholine rings is 1. The first-order chi connectivity index (χ1) is 12.1. The van der Waals surface area contributed by atoms with Crippen LogP contribution in [0.2, 0.25) is 5.15 Å². The third-order valence-corrected chi connectivity index (χ3v) is 4.58. The van der Waals surface area contributed by atoms with Crippen molar-refractivity contribution in [1.29, 1.82) is 0 Å². The molecule has 1 aliphatic heterocycles. The average Bonchev–Trinajstić information content (AvgIpc) is 3.03. The number of carbonyl (C=O) groups excluding carboxylic acids is 1. The summed E-state index contributed by atoms with van der Waals surface area (Å²) in [6, 6.07) is 1.73. The van der Waals surface area contributed by atoms with E-state index in [2.05, 4.69) is 14.9 Å². The van der Waals surface area contributed by atoms with E-state index in [-0.39, 0.29) is 6.04 Å². The number of imidazole rings is 1. The quantitative estimate of drug-likeness (QED) is 0.537. The molecule has 3 heterocycles. The minimum absolute atomic E-state index is 0.118. The Bertz CT molecular complexity index is 732. The van der Waals surface area contributed by atoms with Crippen molar-refractivity contribution >= 4 is 34.9 Å². The Morgan fingerprint density at radius 1 is 1.48 bits per heavy atom. The summed E-state index contributed by atoms with van der Waals surface area (Å²) in [5.41, 5.74) is 2.47. The lowest BCUT2D eigenvalue weighted by Crippen LogP contribution is -2.38. The van der Waals surface area contributed by atoms with Crippen molar-refractivity contribution in [2.75, 3.05) is 52.0 Å². The topological polar surface area (TPSA) is 72.7 Å². The van der Waals surface area contributed by atoms with Crippen LogP contribution in [0.3, 0.4) is 0 Å². The van der Waals surface area contributed by atoms with E-state index in [1.807, 2.05) is 10.6 Å². The Balaban J connectivity index is 1.94. The molecule has 25 heavy (non-hydrogen) atoms. The zero-order valence-electron chi connectivity index (χ0n) is 14.4. The van der Waals surface area contributed by atoms with Gasteiger partial charge in [-0.15, -0.1) is 0 Å². The fourth-order valence-corrected chi connectivity index (χ4v) is 3.16. The molecule has 0 radical (unpaired) electrons. The van der Waals surface area contributed by atoms with Crippen molar-refractivity contribution in [1.82, 2.24) is 19.4 Å². The maximum absolute atomic E-state index is 11.1. The van der Waals surface area contributed by atoms with Gasteiger partial charge in [-0.1, -0.05) is 11.6 Å². The van der Waals surface area contributed by atoms with Crippen LogP contribution in [0.25, 0.3) is 11.2 Å². The zero-order chi connectivity index (χ0) is 17.8. The Hall–Kier alpha value is -1.90. The molecule has 0 saturated carbocycles. The first-order valence-corrected chi connectivity index (χ1v) is 8.52. The molecule has 1 fully saturated rings. The fourth-order valence-electron chi connectivity index (χ4n) is 2.97. The Morgan fingerprint density at radius 2 is 2.24 bits per heavy atom. The number of aromatic nitrogens is 3. The van der Waals surface area contributed by atoms with E-state index >= 15 is 0 Å². The lowest BCUT2D eigenvalue weighted by atomic mass is 10.2. The predicted octanol–water partition coefficient (Wildman–Crippen LogP) is 1.02. The summed E-state index contributed by atoms with van der Waals surface area (Å²) in [6.45, 7) is 3.90. The Labute approximate surface area is 151 Å². The summed E-state index contributed by atoms with van der Waals surface area (Å²) < 4.78 is 12.6. The highest BCUT2D eigenvalue weighted by molar-refractivity contribution is 6.30. The van der Waals surface area contributed by atoms with Gasteiger partial charge >= 0.3 is 0 Å². The molecule has 1 unspecified atom stereocenters. The molecular weight excluding hydrogens is 346 g/mol. The number of carbonyl (C=O) groups is 1. The van der Waals surface area contributed by atoms with Crippen molar-refractivity contribution in [2.24, 2.45) is 0 Å². The van der Waals surface area contributed by atoms with Crippen LogP contribution >= 0.6 is 11.6 Å². The van der Waals surface area contributed by atoms with Gasteiger partial charge in [0.1, 0.15) is 10.7 Å². The molecule has 1 aliphatic rings. The molecule has 0 aromatic carbocycles. The maximum Gasteiger partial charge on any atom is 0.209 e. The second-order valence-electron chi connectivity index (χ2n) is 6.01. The molecular formula is C16H22ClN5O3. The number of rotatable bonds is 7. The zero-order valence-corrected chi connectivity index (χ0v) is 15.1. The molecule has 1 saturated heterocycles. The van der Waals surface area contributed by atoms with E-state index in [0.29, 0.717) is 37.2 Å². The number of ether oxygens (including phenoxy) is 2. The van der Waals surface area contributed by atoms with Crippen molar-refractivity contribution in [3.8, 4) is 0 Å². The van der Waals surface area contributed by atoms with Gasteiger partial charge in [0.05, 0.1) is 37.9 Å². The van der Waals surface area contributed by atoms with Gasteiger partial charge in [0.25, 0.3) is 0 Å². The number of methoxy groups -OCH3 is 1. The standard InChI is InChI=1S/C16H22ClN5O3/c1-20(11-23)12(9-24-2)8-22-10-18-15-13(7-14(17)19-16(15)22)21-3-5-25-6-4-21/h7,10-12H,3-6,8-9H2,1-2H3. The lowest BCUT2D eigenvalue weighted by Gasteiger charge is -2.29. The van der Waals surface area contributed by atoms with Crippen LogP contribution in [0.15, 0.2) is 12.4 Å². The molecule has 0 spiro atoms. The first kappa shape index (κ1) is 17.9. The van der Waals surface area contributed by atoms with Crippen LogP contribution in [-0.4, -0.2) is 79.0 Å². The van der Waals surface area contributed by atoms with Crippen molar-refractivity contribution in [3.05, 3.63) is 17.5 Å². The molecule has 8 nitrogen and oxygen atoms in total. The van der Waals surface area contributed by atoms with Gasteiger partial charge in [0, 0.05) is 39.9 Å². The summed E-state index contributed by atoms with van der Waals surface area (Å²) in [5, 5.41) is 0.419. The number of amides is 1. The first-order valence-electron chi connectivity index (χ1n) is 8.14. The number of fused-ring (bicyclic) bond motifs is 1. The number of halogens is 1. The maximum atomic E-state index is 11.1. The van der Waals surface area contributed by atoms with Crippen LogP contribution in [-0.2, 0) is 20.8 Å². The molecule has 0 bridgehead atoms. The normalized spacial score (nSPS) is 16.2. The second-order valence-corrected chi connectivity index (χ2v) is 6.40. The SMILES string of the molecule is COCC(Cn1cnc2c(N3CCOCC3)cc(Cl)nc21)N(C)C=O. The molecule has 1 atom stereocenters. The monoisotopic (exact) mass is 367 g/mol. The van der Waals surface area contributed by atoms with E-state index in [9.17, 15) is 4.79 Å².